The van der Waals surface area contributed by atoms with Crippen LogP contribution in [0.2, 0.25) is 0 Å². The van der Waals surface area contributed by atoms with Crippen molar-refractivity contribution in [3.63, 3.8) is 0 Å². The Morgan fingerprint density at radius 2 is 2.05 bits per heavy atom. The van der Waals surface area contributed by atoms with Crippen molar-refractivity contribution >= 4 is 9.84 Å². The molecule has 0 aliphatic heterocycles. The number of pyridine rings is 1. The van der Waals surface area contributed by atoms with Crippen LogP contribution < -0.4 is 10.1 Å². The van der Waals surface area contributed by atoms with Crippen molar-refractivity contribution in [3.8, 4) is 5.75 Å². The Bertz CT molecular complexity index is 515. The van der Waals surface area contributed by atoms with E-state index in [1.165, 1.54) is 0 Å². The maximum absolute atomic E-state index is 11.4. The minimum Gasteiger partial charge on any atom is -0.491 e. The Labute approximate surface area is 121 Å². The van der Waals surface area contributed by atoms with Crippen LogP contribution in [0, 0.1) is 6.92 Å². The highest BCUT2D eigenvalue weighted by Crippen LogP contribution is 2.17. The zero-order valence-corrected chi connectivity index (χ0v) is 13.3. The van der Waals surface area contributed by atoms with Crippen LogP contribution in [-0.2, 0) is 16.4 Å². The minimum atomic E-state index is -2.99. The summed E-state index contributed by atoms with van der Waals surface area (Å²) in [6, 6.07) is 3.72. The van der Waals surface area contributed by atoms with Gasteiger partial charge in [0.1, 0.15) is 12.4 Å². The van der Waals surface area contributed by atoms with E-state index in [-0.39, 0.29) is 18.1 Å². The number of rotatable bonds is 9. The molecule has 0 amide bonds. The number of sulfone groups is 1. The SMILES string of the molecule is CCCNCc1nc(C)ccc1OCCS(=O)(=O)CC. The molecule has 0 saturated heterocycles. The van der Waals surface area contributed by atoms with Gasteiger partial charge in [-0.2, -0.15) is 0 Å². The highest BCUT2D eigenvalue weighted by molar-refractivity contribution is 7.91. The molecule has 6 heteroatoms. The molecule has 20 heavy (non-hydrogen) atoms. The Balaban J connectivity index is 2.64. The molecule has 0 atom stereocenters. The molecule has 0 radical (unpaired) electrons. The predicted octanol–water partition coefficient (Wildman–Crippen LogP) is 1.70. The molecule has 0 bridgehead atoms. The molecule has 0 unspecified atom stereocenters. The third-order valence-electron chi connectivity index (χ3n) is 2.88. The van der Waals surface area contributed by atoms with E-state index in [0.717, 1.165) is 24.4 Å². The van der Waals surface area contributed by atoms with Crippen LogP contribution in [0.3, 0.4) is 0 Å². The Hall–Kier alpha value is -1.14. The lowest BCUT2D eigenvalue weighted by molar-refractivity contribution is 0.334. The van der Waals surface area contributed by atoms with E-state index in [9.17, 15) is 8.42 Å². The third-order valence-corrected chi connectivity index (χ3v) is 4.55. The summed E-state index contributed by atoms with van der Waals surface area (Å²) < 4.78 is 28.4. The number of aromatic nitrogens is 1. The molecule has 1 aromatic heterocycles. The van der Waals surface area contributed by atoms with E-state index in [2.05, 4.69) is 17.2 Å². The van der Waals surface area contributed by atoms with Crippen molar-refractivity contribution in [1.29, 1.82) is 0 Å². The van der Waals surface area contributed by atoms with Gasteiger partial charge in [-0.25, -0.2) is 8.42 Å². The summed E-state index contributed by atoms with van der Waals surface area (Å²) in [6.07, 6.45) is 1.05. The smallest absolute Gasteiger partial charge is 0.153 e. The monoisotopic (exact) mass is 300 g/mol. The van der Waals surface area contributed by atoms with Crippen molar-refractivity contribution in [2.24, 2.45) is 0 Å². The highest BCUT2D eigenvalue weighted by Gasteiger charge is 2.10. The van der Waals surface area contributed by atoms with Crippen LogP contribution in [0.25, 0.3) is 0 Å². The van der Waals surface area contributed by atoms with E-state index >= 15 is 0 Å². The van der Waals surface area contributed by atoms with Crippen molar-refractivity contribution in [2.75, 3.05) is 24.7 Å². The summed E-state index contributed by atoms with van der Waals surface area (Å²) in [5.41, 5.74) is 1.75. The highest BCUT2D eigenvalue weighted by atomic mass is 32.2. The summed E-state index contributed by atoms with van der Waals surface area (Å²) in [5.74, 6) is 0.845. The second-order valence-electron chi connectivity index (χ2n) is 4.66. The first-order chi connectivity index (χ1) is 9.48. The number of nitrogens with zero attached hydrogens (tertiary/aromatic N) is 1. The van der Waals surface area contributed by atoms with Crippen LogP contribution in [0.5, 0.6) is 5.75 Å². The van der Waals surface area contributed by atoms with E-state index in [0.29, 0.717) is 12.3 Å². The first kappa shape index (κ1) is 16.9. The molecule has 1 aromatic rings. The van der Waals surface area contributed by atoms with Crippen molar-refractivity contribution in [2.45, 2.75) is 33.7 Å². The third kappa shape index (κ3) is 5.88. The second kappa shape index (κ2) is 8.21. The van der Waals surface area contributed by atoms with Gasteiger partial charge in [0.05, 0.1) is 11.4 Å². The molecule has 5 nitrogen and oxygen atoms in total. The average Bonchev–Trinajstić information content (AvgIpc) is 2.41. The normalized spacial score (nSPS) is 11.6. The predicted molar refractivity (Wildman–Crippen MR) is 80.8 cm³/mol. The molecule has 0 spiro atoms. The molecule has 1 heterocycles. The van der Waals surface area contributed by atoms with E-state index in [4.69, 9.17) is 4.74 Å². The van der Waals surface area contributed by atoms with Gasteiger partial charge in [-0.05, 0) is 32.0 Å². The lowest BCUT2D eigenvalue weighted by Crippen LogP contribution is -2.18. The average molecular weight is 300 g/mol. The summed E-state index contributed by atoms with van der Waals surface area (Å²) in [4.78, 5) is 4.44. The van der Waals surface area contributed by atoms with Crippen molar-refractivity contribution in [1.82, 2.24) is 10.3 Å². The van der Waals surface area contributed by atoms with E-state index in [1.54, 1.807) is 6.92 Å². The Morgan fingerprint density at radius 3 is 2.70 bits per heavy atom. The first-order valence-corrected chi connectivity index (χ1v) is 8.81. The fourth-order valence-corrected chi connectivity index (χ4v) is 2.29. The zero-order valence-electron chi connectivity index (χ0n) is 12.5. The van der Waals surface area contributed by atoms with Crippen molar-refractivity contribution < 1.29 is 13.2 Å². The molecule has 114 valence electrons. The standard InChI is InChI=1S/C14H24N2O3S/c1-4-8-15-11-13-14(7-6-12(3)16-13)19-9-10-20(17,18)5-2/h6-7,15H,4-5,8-11H2,1-3H3. The van der Waals surface area contributed by atoms with Crippen LogP contribution in [-0.4, -0.2) is 38.1 Å². The number of ether oxygens (including phenoxy) is 1. The molecule has 1 N–H and O–H groups in total. The topological polar surface area (TPSA) is 68.3 Å². The molecule has 0 aliphatic carbocycles. The van der Waals surface area contributed by atoms with Gasteiger partial charge in [-0.3, -0.25) is 4.98 Å². The molecule has 1 rings (SSSR count). The summed E-state index contributed by atoms with van der Waals surface area (Å²) in [5, 5.41) is 3.28. The van der Waals surface area contributed by atoms with Gasteiger partial charge in [0.25, 0.3) is 0 Å². The van der Waals surface area contributed by atoms with Gasteiger partial charge < -0.3 is 10.1 Å². The van der Waals surface area contributed by atoms with Crippen LogP contribution in [0.1, 0.15) is 31.7 Å². The molecule has 0 fully saturated rings. The lowest BCUT2D eigenvalue weighted by atomic mass is 10.2. The molecule has 0 aromatic carbocycles. The van der Waals surface area contributed by atoms with E-state index < -0.39 is 9.84 Å². The van der Waals surface area contributed by atoms with Gasteiger partial charge in [0.2, 0.25) is 0 Å². The number of hydrogen-bond acceptors (Lipinski definition) is 5. The largest absolute Gasteiger partial charge is 0.491 e. The van der Waals surface area contributed by atoms with Gasteiger partial charge in [0.15, 0.2) is 9.84 Å². The maximum Gasteiger partial charge on any atom is 0.153 e. The lowest BCUT2D eigenvalue weighted by Gasteiger charge is -2.12. The molecular formula is C14H24N2O3S. The van der Waals surface area contributed by atoms with E-state index in [1.807, 2.05) is 19.1 Å². The number of nitrogens with one attached hydrogen (secondary N) is 1. The summed E-state index contributed by atoms with van der Waals surface area (Å²) in [6.45, 7) is 7.38. The number of hydrogen-bond donors (Lipinski definition) is 1. The Morgan fingerprint density at radius 1 is 1.30 bits per heavy atom. The zero-order chi connectivity index (χ0) is 15.0. The van der Waals surface area contributed by atoms with Crippen LogP contribution in [0.15, 0.2) is 12.1 Å². The van der Waals surface area contributed by atoms with Gasteiger partial charge in [-0.1, -0.05) is 13.8 Å². The van der Waals surface area contributed by atoms with Gasteiger partial charge in [-0.15, -0.1) is 0 Å². The van der Waals surface area contributed by atoms with Crippen molar-refractivity contribution in [3.05, 3.63) is 23.5 Å². The summed E-state index contributed by atoms with van der Waals surface area (Å²) in [7, 11) is -2.99. The van der Waals surface area contributed by atoms with Gasteiger partial charge >= 0.3 is 0 Å². The fourth-order valence-electron chi connectivity index (χ4n) is 1.66. The Kier molecular flexibility index (Phi) is 6.95. The summed E-state index contributed by atoms with van der Waals surface area (Å²) >= 11 is 0. The second-order valence-corrected chi connectivity index (χ2v) is 7.13. The quantitative estimate of drug-likeness (QED) is 0.703. The van der Waals surface area contributed by atoms with Crippen LogP contribution in [0.4, 0.5) is 0 Å². The van der Waals surface area contributed by atoms with Gasteiger partial charge in [0, 0.05) is 18.0 Å². The molecular weight excluding hydrogens is 276 g/mol. The molecule has 0 aliphatic rings. The first-order valence-electron chi connectivity index (χ1n) is 6.99. The van der Waals surface area contributed by atoms with Crippen LogP contribution >= 0.6 is 0 Å². The minimum absolute atomic E-state index is 0.0409. The fraction of sp³-hybridized carbons (Fsp3) is 0.643. The number of aryl methyl sites for hydroxylation is 1. The maximum atomic E-state index is 11.4. The molecule has 0 saturated carbocycles.